The lowest BCUT2D eigenvalue weighted by molar-refractivity contribution is 0.0955. The molecule has 0 saturated heterocycles. The molecule has 2 heterocycles. The van der Waals surface area contributed by atoms with E-state index in [0.717, 1.165) is 5.56 Å². The van der Waals surface area contributed by atoms with Crippen molar-refractivity contribution in [1.29, 1.82) is 0 Å². The van der Waals surface area contributed by atoms with E-state index in [9.17, 15) is 9.18 Å². The number of halogens is 2. The summed E-state index contributed by atoms with van der Waals surface area (Å²) >= 11 is 7.39. The Balaban J connectivity index is 1.76. The van der Waals surface area contributed by atoms with Crippen LogP contribution < -0.4 is 10.1 Å². The van der Waals surface area contributed by atoms with Crippen LogP contribution in [0.1, 0.15) is 15.2 Å². The number of carbonyl (C=O) groups excluding carboxylic acids is 1. The van der Waals surface area contributed by atoms with Gasteiger partial charge < -0.3 is 10.1 Å². The molecular formula is C16H12ClFN2O2S. The van der Waals surface area contributed by atoms with E-state index in [1.54, 1.807) is 18.3 Å². The van der Waals surface area contributed by atoms with Gasteiger partial charge in [-0.15, -0.1) is 11.3 Å². The van der Waals surface area contributed by atoms with Crippen LogP contribution in [0.5, 0.6) is 5.88 Å². The van der Waals surface area contributed by atoms with E-state index in [4.69, 9.17) is 16.3 Å². The van der Waals surface area contributed by atoms with Gasteiger partial charge in [0.05, 0.1) is 12.1 Å². The minimum absolute atomic E-state index is 0.299. The molecule has 3 aromatic rings. The van der Waals surface area contributed by atoms with E-state index < -0.39 is 0 Å². The van der Waals surface area contributed by atoms with Gasteiger partial charge in [-0.05, 0) is 23.8 Å². The van der Waals surface area contributed by atoms with Gasteiger partial charge in [-0.3, -0.25) is 4.79 Å². The van der Waals surface area contributed by atoms with Crippen LogP contribution in [-0.2, 0) is 6.54 Å². The molecule has 1 amide bonds. The maximum absolute atomic E-state index is 13.3. The Kier molecular flexibility index (Phi) is 4.45. The van der Waals surface area contributed by atoms with Crippen molar-refractivity contribution >= 4 is 38.9 Å². The summed E-state index contributed by atoms with van der Waals surface area (Å²) in [7, 11) is 1.54. The van der Waals surface area contributed by atoms with Crippen LogP contribution in [0.3, 0.4) is 0 Å². The van der Waals surface area contributed by atoms with Crippen molar-refractivity contribution in [1.82, 2.24) is 10.3 Å². The van der Waals surface area contributed by atoms with Gasteiger partial charge in [0.2, 0.25) is 5.88 Å². The zero-order valence-electron chi connectivity index (χ0n) is 12.1. The Bertz CT molecular complexity index is 864. The number of carbonyl (C=O) groups is 1. The van der Waals surface area contributed by atoms with Gasteiger partial charge in [0.1, 0.15) is 10.7 Å². The molecule has 118 valence electrons. The summed E-state index contributed by atoms with van der Waals surface area (Å²) < 4.78 is 18.9. The van der Waals surface area contributed by atoms with Gasteiger partial charge in [0, 0.05) is 28.9 Å². The first-order valence-corrected chi connectivity index (χ1v) is 7.92. The van der Waals surface area contributed by atoms with Crippen molar-refractivity contribution in [3.63, 3.8) is 0 Å². The third-order valence-corrected chi connectivity index (χ3v) is 4.91. The van der Waals surface area contributed by atoms with Crippen LogP contribution in [0, 0.1) is 5.82 Å². The number of rotatable bonds is 4. The van der Waals surface area contributed by atoms with Crippen molar-refractivity contribution in [2.24, 2.45) is 0 Å². The standard InChI is InChI=1S/C16H12ClFN2O2S/c1-22-13-5-2-9(7-19-13)8-20-16(21)15-14(17)11-4-3-10(18)6-12(11)23-15/h2-7H,8H2,1H3,(H,20,21). The molecule has 0 aliphatic rings. The monoisotopic (exact) mass is 350 g/mol. The number of nitrogens with one attached hydrogen (secondary N) is 1. The second-order valence-corrected chi connectivity index (χ2v) is 6.21. The zero-order chi connectivity index (χ0) is 16.4. The number of methoxy groups -OCH3 is 1. The molecule has 0 spiro atoms. The number of amides is 1. The first-order chi connectivity index (χ1) is 11.1. The normalized spacial score (nSPS) is 10.7. The van der Waals surface area contributed by atoms with Gasteiger partial charge in [0.15, 0.2) is 0 Å². The quantitative estimate of drug-likeness (QED) is 0.773. The number of pyridine rings is 1. The summed E-state index contributed by atoms with van der Waals surface area (Å²) in [5.74, 6) is -0.145. The maximum atomic E-state index is 13.3. The summed E-state index contributed by atoms with van der Waals surface area (Å²) in [6.45, 7) is 0.314. The lowest BCUT2D eigenvalue weighted by Gasteiger charge is -2.05. The Hall–Kier alpha value is -2.18. The summed E-state index contributed by atoms with van der Waals surface area (Å²) in [4.78, 5) is 16.7. The van der Waals surface area contributed by atoms with Gasteiger partial charge in [-0.1, -0.05) is 17.7 Å². The van der Waals surface area contributed by atoms with Crippen LogP contribution >= 0.6 is 22.9 Å². The van der Waals surface area contributed by atoms with Crippen LogP contribution in [0.25, 0.3) is 10.1 Å². The Morgan fingerprint density at radius 1 is 1.39 bits per heavy atom. The molecule has 0 unspecified atom stereocenters. The first-order valence-electron chi connectivity index (χ1n) is 6.73. The van der Waals surface area contributed by atoms with Crippen LogP contribution in [0.2, 0.25) is 5.02 Å². The summed E-state index contributed by atoms with van der Waals surface area (Å²) in [5, 5.41) is 3.80. The fourth-order valence-corrected chi connectivity index (χ4v) is 3.54. The number of aromatic nitrogens is 1. The average molecular weight is 351 g/mol. The molecule has 3 rings (SSSR count). The highest BCUT2D eigenvalue weighted by molar-refractivity contribution is 7.21. The SMILES string of the molecule is COc1ccc(CNC(=O)c2sc3cc(F)ccc3c2Cl)cn1. The van der Waals surface area contributed by atoms with E-state index in [-0.39, 0.29) is 11.7 Å². The number of ether oxygens (including phenoxy) is 1. The van der Waals surface area contributed by atoms with Crippen molar-refractivity contribution in [3.8, 4) is 5.88 Å². The number of benzene rings is 1. The highest BCUT2D eigenvalue weighted by Crippen LogP contribution is 2.35. The fourth-order valence-electron chi connectivity index (χ4n) is 2.08. The van der Waals surface area contributed by atoms with Crippen molar-refractivity contribution in [3.05, 3.63) is 57.8 Å². The Morgan fingerprint density at radius 2 is 2.22 bits per heavy atom. The molecule has 0 atom stereocenters. The van der Waals surface area contributed by atoms with Gasteiger partial charge in [-0.25, -0.2) is 9.37 Å². The van der Waals surface area contributed by atoms with E-state index in [1.807, 2.05) is 6.07 Å². The Morgan fingerprint density at radius 3 is 2.91 bits per heavy atom. The van der Waals surface area contributed by atoms with Crippen molar-refractivity contribution in [2.45, 2.75) is 6.54 Å². The predicted octanol–water partition coefficient (Wildman–Crippen LogP) is 4.03. The third kappa shape index (κ3) is 3.28. The summed E-state index contributed by atoms with van der Waals surface area (Å²) in [5.41, 5.74) is 0.836. The molecule has 0 fully saturated rings. The molecule has 0 aliphatic carbocycles. The lowest BCUT2D eigenvalue weighted by Crippen LogP contribution is -2.22. The van der Waals surface area contributed by atoms with Gasteiger partial charge in [-0.2, -0.15) is 0 Å². The third-order valence-electron chi connectivity index (χ3n) is 3.26. The molecule has 4 nitrogen and oxygen atoms in total. The first kappa shape index (κ1) is 15.7. The average Bonchev–Trinajstić information content (AvgIpc) is 2.89. The van der Waals surface area contributed by atoms with Crippen molar-refractivity contribution < 1.29 is 13.9 Å². The summed E-state index contributed by atoms with van der Waals surface area (Å²) in [6.07, 6.45) is 1.63. The molecule has 0 saturated carbocycles. The number of hydrogen-bond donors (Lipinski definition) is 1. The minimum atomic E-state index is -0.355. The highest BCUT2D eigenvalue weighted by Gasteiger charge is 2.17. The number of thiophene rings is 1. The van der Waals surface area contributed by atoms with E-state index in [2.05, 4.69) is 10.3 Å². The smallest absolute Gasteiger partial charge is 0.263 e. The predicted molar refractivity (Wildman–Crippen MR) is 88.8 cm³/mol. The lowest BCUT2D eigenvalue weighted by atomic mass is 10.2. The molecule has 0 radical (unpaired) electrons. The highest BCUT2D eigenvalue weighted by atomic mass is 35.5. The van der Waals surface area contributed by atoms with Crippen LogP contribution in [-0.4, -0.2) is 18.0 Å². The van der Waals surface area contributed by atoms with Crippen LogP contribution in [0.15, 0.2) is 36.5 Å². The number of hydrogen-bond acceptors (Lipinski definition) is 4. The molecule has 7 heteroatoms. The van der Waals surface area contributed by atoms with Gasteiger partial charge >= 0.3 is 0 Å². The molecular weight excluding hydrogens is 339 g/mol. The summed E-state index contributed by atoms with van der Waals surface area (Å²) in [6, 6.07) is 7.81. The maximum Gasteiger partial charge on any atom is 0.263 e. The second-order valence-electron chi connectivity index (χ2n) is 4.78. The van der Waals surface area contributed by atoms with Crippen LogP contribution in [0.4, 0.5) is 4.39 Å². The molecule has 1 aromatic carbocycles. The molecule has 0 bridgehead atoms. The zero-order valence-corrected chi connectivity index (χ0v) is 13.7. The number of nitrogens with zero attached hydrogens (tertiary/aromatic N) is 1. The second kappa shape index (κ2) is 6.52. The molecule has 2 aromatic heterocycles. The van der Waals surface area contributed by atoms with E-state index in [0.29, 0.717) is 32.4 Å². The largest absolute Gasteiger partial charge is 0.481 e. The van der Waals surface area contributed by atoms with Crippen molar-refractivity contribution in [2.75, 3.05) is 7.11 Å². The minimum Gasteiger partial charge on any atom is -0.481 e. The topological polar surface area (TPSA) is 51.2 Å². The fraction of sp³-hybridized carbons (Fsp3) is 0.125. The molecule has 0 aliphatic heterocycles. The Labute approximate surface area is 140 Å². The van der Waals surface area contributed by atoms with E-state index in [1.165, 1.54) is 30.6 Å². The molecule has 1 N–H and O–H groups in total. The molecule has 23 heavy (non-hydrogen) atoms. The van der Waals surface area contributed by atoms with Gasteiger partial charge in [0.25, 0.3) is 5.91 Å². The number of fused-ring (bicyclic) bond motifs is 1. The van der Waals surface area contributed by atoms with E-state index >= 15 is 0 Å².